The van der Waals surface area contributed by atoms with Crippen LogP contribution in [0.5, 0.6) is 0 Å². The van der Waals surface area contributed by atoms with Gasteiger partial charge in [0.15, 0.2) is 0 Å². The van der Waals surface area contributed by atoms with Crippen LogP contribution in [0.1, 0.15) is 55.1 Å². The summed E-state index contributed by atoms with van der Waals surface area (Å²) in [5.74, 6) is -1.98. The minimum absolute atomic E-state index is 0.00162. The second kappa shape index (κ2) is 9.99. The first-order valence-electron chi connectivity index (χ1n) is 12.8. The minimum Gasteiger partial charge on any atom is -0.381 e. The maximum absolute atomic E-state index is 14.7. The first-order valence-corrected chi connectivity index (χ1v) is 12.3. The number of nitrogens with one attached hydrogen (secondary N) is 2. The van der Waals surface area contributed by atoms with E-state index in [0.29, 0.717) is 28.9 Å². The molecular formula is C27H31FN4O4. The van der Waals surface area contributed by atoms with Crippen molar-refractivity contribution in [1.82, 2.24) is 15.1 Å². The second-order valence-corrected chi connectivity index (χ2v) is 9.78. The number of hydrogen-bond donors (Lipinski definition) is 2. The second-order valence-electron chi connectivity index (χ2n) is 9.78. The van der Waals surface area contributed by atoms with E-state index < -0.39 is 23.7 Å². The fourth-order valence-corrected chi connectivity index (χ4v) is 5.30. The third-order valence-corrected chi connectivity index (χ3v) is 6.88. The number of carbonyl (C=O) groups is 3. The third-order valence-electron chi connectivity index (χ3n) is 6.88. The van der Waals surface area contributed by atoms with Gasteiger partial charge in [0.2, 0.25) is 11.8 Å². The Morgan fingerprint density at radius 3 is 2.69 bits per heavy atom. The molecule has 2 aromatic rings. The van der Waals surface area contributed by atoms with Gasteiger partial charge in [0.05, 0.1) is 13.6 Å². The monoisotopic (exact) mass is 495 g/mol. The number of amides is 3. The number of halogens is 1. The van der Waals surface area contributed by atoms with E-state index in [9.17, 15) is 18.8 Å². The van der Waals surface area contributed by atoms with Crippen LogP contribution in [0.3, 0.4) is 0 Å². The molecule has 3 aliphatic rings. The highest BCUT2D eigenvalue weighted by Gasteiger charge is 2.39. The zero-order valence-corrected chi connectivity index (χ0v) is 20.5. The van der Waals surface area contributed by atoms with Crippen LogP contribution in [-0.4, -0.2) is 58.8 Å². The van der Waals surface area contributed by atoms with Crippen LogP contribution in [0.25, 0.3) is 0 Å². The van der Waals surface area contributed by atoms with Crippen molar-refractivity contribution in [3.05, 3.63) is 64.5 Å². The molecule has 0 aromatic heterocycles. The van der Waals surface area contributed by atoms with Crippen molar-refractivity contribution in [2.45, 2.75) is 64.5 Å². The molecule has 0 aliphatic carbocycles. The fourth-order valence-electron chi connectivity index (χ4n) is 5.30. The van der Waals surface area contributed by atoms with E-state index in [1.54, 1.807) is 24.3 Å². The summed E-state index contributed by atoms with van der Waals surface area (Å²) in [4.78, 5) is 40.7. The van der Waals surface area contributed by atoms with Crippen molar-refractivity contribution >= 4 is 23.4 Å². The van der Waals surface area contributed by atoms with Gasteiger partial charge in [0.1, 0.15) is 11.8 Å². The molecule has 2 fully saturated rings. The number of ether oxygens (including phenoxy) is 1. The van der Waals surface area contributed by atoms with E-state index in [1.165, 1.54) is 11.0 Å². The summed E-state index contributed by atoms with van der Waals surface area (Å²) in [5.41, 5.74) is 3.20. The number of rotatable bonds is 6. The number of morpholine rings is 1. The SMILES string of the molecule is [2H][C@@]1(N2Cc3c(NCc4cc(CN5CC(C)OC(C)C5)ccc4F)cccc3C2=O)CCC(=O)NC1=O. The standard InChI is InChI=1S/C27H31FN4O4/c1-16-12-31(13-17(2)36-16)14-18-6-7-22(28)19(10-18)11-29-23-5-3-4-20-21(23)15-32(27(20)35)24-8-9-25(33)30-26(24)34/h3-7,10,16-17,24,29H,8-9,11-15H2,1-2H3,(H,30,33,34)/t16?,17?,24-/m1/s1/i24D. The van der Waals surface area contributed by atoms with E-state index in [4.69, 9.17) is 6.11 Å². The Labute approximate surface area is 211 Å². The Kier molecular flexibility index (Phi) is 6.41. The largest absolute Gasteiger partial charge is 0.381 e. The first kappa shape index (κ1) is 23.1. The van der Waals surface area contributed by atoms with Crippen molar-refractivity contribution in [2.75, 3.05) is 18.4 Å². The molecule has 190 valence electrons. The van der Waals surface area contributed by atoms with E-state index in [0.717, 1.165) is 18.7 Å². The zero-order chi connectivity index (χ0) is 26.3. The van der Waals surface area contributed by atoms with Crippen LogP contribution in [0.2, 0.25) is 0 Å². The predicted octanol–water partition coefficient (Wildman–Crippen LogP) is 2.81. The van der Waals surface area contributed by atoms with Crippen molar-refractivity contribution in [1.29, 1.82) is 0 Å². The lowest BCUT2D eigenvalue weighted by atomic mass is 10.0. The highest BCUT2D eigenvalue weighted by Crippen LogP contribution is 2.32. The summed E-state index contributed by atoms with van der Waals surface area (Å²) in [7, 11) is 0. The minimum atomic E-state index is -1.85. The van der Waals surface area contributed by atoms with Gasteiger partial charge in [0, 0.05) is 61.5 Å². The quantitative estimate of drug-likeness (QED) is 0.599. The summed E-state index contributed by atoms with van der Waals surface area (Å²) in [6.07, 6.45) is 0.240. The Hall–Kier alpha value is -3.30. The molecule has 8 nitrogen and oxygen atoms in total. The van der Waals surface area contributed by atoms with Gasteiger partial charge in [-0.25, -0.2) is 4.39 Å². The highest BCUT2D eigenvalue weighted by molar-refractivity contribution is 6.06. The lowest BCUT2D eigenvalue weighted by Gasteiger charge is -2.35. The van der Waals surface area contributed by atoms with Gasteiger partial charge in [-0.15, -0.1) is 0 Å². The molecule has 2 aromatic carbocycles. The Bertz CT molecular complexity index is 1250. The number of fused-ring (bicyclic) bond motifs is 1. The lowest BCUT2D eigenvalue weighted by Crippen LogP contribution is -2.52. The van der Waals surface area contributed by atoms with Gasteiger partial charge in [-0.2, -0.15) is 0 Å². The highest BCUT2D eigenvalue weighted by atomic mass is 19.1. The number of imide groups is 1. The normalized spacial score (nSPS) is 27.0. The van der Waals surface area contributed by atoms with Gasteiger partial charge in [-0.1, -0.05) is 12.1 Å². The average Bonchev–Trinajstić information content (AvgIpc) is 3.19. The number of nitrogens with zero attached hydrogens (tertiary/aromatic N) is 2. The molecule has 2 unspecified atom stereocenters. The summed E-state index contributed by atoms with van der Waals surface area (Å²) < 4.78 is 29.2. The van der Waals surface area contributed by atoms with E-state index >= 15 is 0 Å². The van der Waals surface area contributed by atoms with Crippen LogP contribution >= 0.6 is 0 Å². The number of carbonyl (C=O) groups excluding carboxylic acids is 3. The molecule has 3 atom stereocenters. The number of anilines is 1. The van der Waals surface area contributed by atoms with Crippen LogP contribution in [0.15, 0.2) is 36.4 Å². The molecule has 3 heterocycles. The smallest absolute Gasteiger partial charge is 0.255 e. The van der Waals surface area contributed by atoms with E-state index in [2.05, 4.69) is 29.4 Å². The first-order chi connectivity index (χ1) is 17.6. The van der Waals surface area contributed by atoms with Crippen molar-refractivity contribution in [2.24, 2.45) is 0 Å². The number of piperidine rings is 1. The Balaban J connectivity index is 1.31. The molecule has 0 radical (unpaired) electrons. The molecule has 3 amide bonds. The van der Waals surface area contributed by atoms with Crippen molar-refractivity contribution in [3.63, 3.8) is 0 Å². The molecule has 0 spiro atoms. The molecule has 9 heteroatoms. The Morgan fingerprint density at radius 1 is 1.17 bits per heavy atom. The molecule has 36 heavy (non-hydrogen) atoms. The average molecular weight is 496 g/mol. The van der Waals surface area contributed by atoms with Crippen LogP contribution in [0, 0.1) is 5.82 Å². The molecule has 0 saturated carbocycles. The van der Waals surface area contributed by atoms with Gasteiger partial charge in [-0.3, -0.25) is 24.6 Å². The van der Waals surface area contributed by atoms with Gasteiger partial charge in [-0.05, 0) is 50.1 Å². The summed E-state index contributed by atoms with van der Waals surface area (Å²) in [6.45, 7) is 6.70. The topological polar surface area (TPSA) is 91.0 Å². The summed E-state index contributed by atoms with van der Waals surface area (Å²) >= 11 is 0. The predicted molar refractivity (Wildman–Crippen MR) is 131 cm³/mol. The van der Waals surface area contributed by atoms with Crippen molar-refractivity contribution < 1.29 is 24.9 Å². The van der Waals surface area contributed by atoms with Gasteiger partial charge >= 0.3 is 0 Å². The molecule has 2 saturated heterocycles. The van der Waals surface area contributed by atoms with Crippen LogP contribution < -0.4 is 10.6 Å². The van der Waals surface area contributed by atoms with Crippen LogP contribution in [0.4, 0.5) is 10.1 Å². The number of hydrogen-bond acceptors (Lipinski definition) is 6. The maximum Gasteiger partial charge on any atom is 0.255 e. The van der Waals surface area contributed by atoms with E-state index in [1.807, 2.05) is 6.07 Å². The van der Waals surface area contributed by atoms with Crippen LogP contribution in [-0.2, 0) is 34.0 Å². The Morgan fingerprint density at radius 2 is 1.94 bits per heavy atom. The molecular weight excluding hydrogens is 463 g/mol. The summed E-state index contributed by atoms with van der Waals surface area (Å²) in [6, 6.07) is 8.46. The third kappa shape index (κ3) is 4.99. The summed E-state index contributed by atoms with van der Waals surface area (Å²) in [5, 5.41) is 5.43. The molecule has 2 N–H and O–H groups in total. The fraction of sp³-hybridized carbons (Fsp3) is 0.444. The molecule has 0 bridgehead atoms. The maximum atomic E-state index is 14.7. The molecule has 5 rings (SSSR count). The number of benzene rings is 2. The van der Waals surface area contributed by atoms with E-state index in [-0.39, 0.29) is 44.0 Å². The molecule has 3 aliphatic heterocycles. The van der Waals surface area contributed by atoms with Crippen molar-refractivity contribution in [3.8, 4) is 0 Å². The van der Waals surface area contributed by atoms with Gasteiger partial charge in [0.25, 0.3) is 5.91 Å². The van der Waals surface area contributed by atoms with Gasteiger partial charge < -0.3 is 15.0 Å². The zero-order valence-electron chi connectivity index (χ0n) is 21.5. The lowest BCUT2D eigenvalue weighted by molar-refractivity contribution is -0.136.